The Morgan fingerprint density at radius 2 is 1.74 bits per heavy atom. The van der Waals surface area contributed by atoms with Crippen LogP contribution in [0.4, 0.5) is 10.5 Å². The summed E-state index contributed by atoms with van der Waals surface area (Å²) < 4.78 is 40.6. The third kappa shape index (κ3) is 10.2. The number of carbonyl (C=O) groups excluding carboxylic acids is 2. The molecule has 1 aliphatic heterocycles. The second-order valence-corrected chi connectivity index (χ2v) is 15.1. The van der Waals surface area contributed by atoms with E-state index >= 15 is 0 Å². The van der Waals surface area contributed by atoms with E-state index in [0.717, 1.165) is 44.9 Å². The van der Waals surface area contributed by atoms with Crippen molar-refractivity contribution >= 4 is 27.6 Å². The maximum Gasteiger partial charge on any atom is 0.319 e. The van der Waals surface area contributed by atoms with Gasteiger partial charge in [-0.1, -0.05) is 44.4 Å². The number of benzene rings is 2. The van der Waals surface area contributed by atoms with Gasteiger partial charge in [0.1, 0.15) is 5.75 Å². The van der Waals surface area contributed by atoms with Gasteiger partial charge in [-0.3, -0.25) is 4.79 Å². The number of hydrogen-bond donors (Lipinski definition) is 3. The number of likely N-dealkylation sites (N-methyl/N-ethyl adjacent to an activating group) is 1. The second-order valence-electron chi connectivity index (χ2n) is 13.0. The number of aliphatic hydroxyl groups is 1. The highest BCUT2D eigenvalue weighted by atomic mass is 32.2. The van der Waals surface area contributed by atoms with Crippen molar-refractivity contribution in [2.24, 2.45) is 5.92 Å². The van der Waals surface area contributed by atoms with Crippen molar-refractivity contribution in [3.8, 4) is 5.75 Å². The molecule has 3 N–H and O–H groups in total. The van der Waals surface area contributed by atoms with E-state index in [9.17, 15) is 23.1 Å². The van der Waals surface area contributed by atoms with Gasteiger partial charge in [0.25, 0.3) is 5.91 Å². The highest BCUT2D eigenvalue weighted by molar-refractivity contribution is 7.89. The summed E-state index contributed by atoms with van der Waals surface area (Å²) in [4.78, 5) is 29.0. The van der Waals surface area contributed by atoms with Gasteiger partial charge in [-0.25, -0.2) is 13.2 Å². The molecule has 0 unspecified atom stereocenters. The average molecular weight is 673 g/mol. The number of nitrogens with zero attached hydrogens (tertiary/aromatic N) is 2. The summed E-state index contributed by atoms with van der Waals surface area (Å²) in [6, 6.07) is 12.6. The number of fused-ring (bicyclic) bond motifs is 1. The van der Waals surface area contributed by atoms with E-state index in [1.165, 1.54) is 17.8 Å². The lowest BCUT2D eigenvalue weighted by Crippen LogP contribution is -2.48. The third-order valence-corrected chi connectivity index (χ3v) is 11.0. The van der Waals surface area contributed by atoms with Gasteiger partial charge >= 0.3 is 6.03 Å². The van der Waals surface area contributed by atoms with Crippen LogP contribution in [0.1, 0.15) is 82.5 Å². The van der Waals surface area contributed by atoms with Gasteiger partial charge in [-0.2, -0.15) is 4.31 Å². The van der Waals surface area contributed by atoms with E-state index in [1.807, 2.05) is 13.8 Å². The summed E-state index contributed by atoms with van der Waals surface area (Å²) >= 11 is 0. The molecule has 2 aliphatic rings. The molecular weight excluding hydrogens is 620 g/mol. The summed E-state index contributed by atoms with van der Waals surface area (Å²) in [7, 11) is -2.22. The van der Waals surface area contributed by atoms with Crippen molar-refractivity contribution in [3.05, 3.63) is 54.1 Å². The fourth-order valence-electron chi connectivity index (χ4n) is 6.19. The maximum absolute atomic E-state index is 14.3. The molecule has 4 atom stereocenters. The van der Waals surface area contributed by atoms with E-state index in [-0.39, 0.29) is 60.2 Å². The number of nitrogens with one attached hydrogen (secondary N) is 2. The van der Waals surface area contributed by atoms with Gasteiger partial charge in [0, 0.05) is 44.4 Å². The van der Waals surface area contributed by atoms with Gasteiger partial charge in [-0.15, -0.1) is 0 Å². The van der Waals surface area contributed by atoms with Crippen molar-refractivity contribution in [2.45, 2.75) is 101 Å². The molecule has 2 aromatic carbocycles. The zero-order valence-corrected chi connectivity index (χ0v) is 29.0. The molecule has 1 heterocycles. The van der Waals surface area contributed by atoms with Crippen molar-refractivity contribution < 1.29 is 32.6 Å². The summed E-state index contributed by atoms with van der Waals surface area (Å²) in [5, 5.41) is 16.2. The Balaban J connectivity index is 1.60. The Morgan fingerprint density at radius 3 is 2.45 bits per heavy atom. The molecule has 1 aliphatic carbocycles. The van der Waals surface area contributed by atoms with Crippen LogP contribution in [0.15, 0.2) is 53.4 Å². The number of anilines is 1. The molecule has 1 fully saturated rings. The second kappa shape index (κ2) is 17.3. The normalized spacial score (nSPS) is 22.9. The van der Waals surface area contributed by atoms with Crippen LogP contribution in [0.3, 0.4) is 0 Å². The predicted molar refractivity (Wildman–Crippen MR) is 182 cm³/mol. The van der Waals surface area contributed by atoms with Crippen molar-refractivity contribution in [2.75, 3.05) is 38.7 Å². The Labute approximate surface area is 280 Å². The molecule has 47 heavy (non-hydrogen) atoms. The van der Waals surface area contributed by atoms with Crippen LogP contribution in [0.25, 0.3) is 0 Å². The first-order valence-electron chi connectivity index (χ1n) is 16.9. The minimum atomic E-state index is -3.76. The fraction of sp³-hybridized carbons (Fsp3) is 0.600. The first-order chi connectivity index (χ1) is 22.5. The highest BCUT2D eigenvalue weighted by Gasteiger charge is 2.32. The highest BCUT2D eigenvalue weighted by Crippen LogP contribution is 2.29. The quantitative estimate of drug-likeness (QED) is 0.348. The largest absolute Gasteiger partial charge is 0.490 e. The first-order valence-corrected chi connectivity index (χ1v) is 18.4. The number of ether oxygens (including phenoxy) is 2. The van der Waals surface area contributed by atoms with Crippen LogP contribution in [0.2, 0.25) is 0 Å². The zero-order chi connectivity index (χ0) is 34.0. The van der Waals surface area contributed by atoms with Crippen LogP contribution in [-0.2, 0) is 14.8 Å². The molecule has 3 amide bonds. The van der Waals surface area contributed by atoms with Gasteiger partial charge in [0.15, 0.2) is 0 Å². The van der Waals surface area contributed by atoms with Gasteiger partial charge in [0.05, 0.1) is 35.3 Å². The van der Waals surface area contributed by atoms with Crippen LogP contribution in [0, 0.1) is 5.92 Å². The molecular formula is C35H52N4O7S. The molecule has 12 heteroatoms. The van der Waals surface area contributed by atoms with Crippen LogP contribution in [-0.4, -0.2) is 92.3 Å². The molecule has 260 valence electrons. The number of amides is 3. The molecule has 0 bridgehead atoms. The first kappa shape index (κ1) is 36.6. The molecule has 0 saturated heterocycles. The van der Waals surface area contributed by atoms with Crippen LogP contribution in [0.5, 0.6) is 5.75 Å². The molecule has 0 aromatic heterocycles. The molecule has 0 spiro atoms. The topological polar surface area (TPSA) is 138 Å². The number of urea groups is 1. The van der Waals surface area contributed by atoms with Crippen LogP contribution < -0.4 is 15.4 Å². The Morgan fingerprint density at radius 1 is 1.04 bits per heavy atom. The number of hydrogen-bond acceptors (Lipinski definition) is 7. The standard InChI is InChI=1S/C35H52N4O7S/c1-25-22-39(26(2)24-40)34(41)31-21-29(37-35(42)36-28-14-7-5-8-15-28)18-19-32(31)46-27(3)13-11-12-20-45-33(25)23-38(4)47(43,44)30-16-9-6-10-17-30/h6,9-10,16-19,21,25-28,33,40H,5,7-8,11-15,20,22-24H2,1-4H3,(H2,36,37,42)/t25-,26+,27-,33+/m1/s1. The average Bonchev–Trinajstić information content (AvgIpc) is 3.06. The number of carbonyl (C=O) groups is 2. The van der Waals surface area contributed by atoms with E-state index in [2.05, 4.69) is 10.6 Å². The van der Waals surface area contributed by atoms with Crippen molar-refractivity contribution in [3.63, 3.8) is 0 Å². The molecule has 11 nitrogen and oxygen atoms in total. The zero-order valence-electron chi connectivity index (χ0n) is 28.2. The van der Waals surface area contributed by atoms with E-state index in [4.69, 9.17) is 9.47 Å². The van der Waals surface area contributed by atoms with Gasteiger partial charge < -0.3 is 30.1 Å². The lowest BCUT2D eigenvalue weighted by Gasteiger charge is -2.35. The minimum absolute atomic E-state index is 0.0915. The maximum atomic E-state index is 14.3. The monoisotopic (exact) mass is 672 g/mol. The van der Waals surface area contributed by atoms with Crippen molar-refractivity contribution in [1.82, 2.24) is 14.5 Å². The lowest BCUT2D eigenvalue weighted by molar-refractivity contribution is -0.00833. The number of aliphatic hydroxyl groups excluding tert-OH is 1. The summed E-state index contributed by atoms with van der Waals surface area (Å²) in [6.07, 6.45) is 6.85. The number of rotatable bonds is 8. The van der Waals surface area contributed by atoms with E-state index in [0.29, 0.717) is 18.0 Å². The molecule has 4 rings (SSSR count). The van der Waals surface area contributed by atoms with Gasteiger partial charge in [-0.05, 0) is 76.3 Å². The Kier molecular flexibility index (Phi) is 13.5. The third-order valence-electron chi connectivity index (χ3n) is 9.14. The molecule has 2 aromatic rings. The number of sulfonamides is 1. The predicted octanol–water partition coefficient (Wildman–Crippen LogP) is 5.26. The van der Waals surface area contributed by atoms with Gasteiger partial charge in [0.2, 0.25) is 10.0 Å². The summed E-state index contributed by atoms with van der Waals surface area (Å²) in [5.74, 6) is -0.254. The van der Waals surface area contributed by atoms with Crippen molar-refractivity contribution in [1.29, 1.82) is 0 Å². The molecule has 1 saturated carbocycles. The SMILES string of the molecule is C[C@@H]1CCCCO[C@@H](CN(C)S(=O)(=O)c2ccccc2)[C@H](C)CN([C@@H](C)CO)C(=O)c2cc(NC(=O)NC3CCCCC3)ccc2O1. The Hall–Kier alpha value is -3.19. The summed E-state index contributed by atoms with van der Waals surface area (Å²) in [5.41, 5.74) is 0.736. The van der Waals surface area contributed by atoms with E-state index in [1.54, 1.807) is 60.4 Å². The smallest absolute Gasteiger partial charge is 0.319 e. The minimum Gasteiger partial charge on any atom is -0.490 e. The lowest BCUT2D eigenvalue weighted by atomic mass is 9.96. The molecule has 0 radical (unpaired) electrons. The Bertz CT molecular complexity index is 1420. The van der Waals surface area contributed by atoms with Crippen LogP contribution >= 0.6 is 0 Å². The summed E-state index contributed by atoms with van der Waals surface area (Å²) in [6.45, 7) is 6.08. The van der Waals surface area contributed by atoms with E-state index < -0.39 is 22.2 Å². The fourth-order valence-corrected chi connectivity index (χ4v) is 7.39.